The molecule has 1 heterocycles. The highest BCUT2D eigenvalue weighted by molar-refractivity contribution is 7.17. The lowest BCUT2D eigenvalue weighted by Crippen LogP contribution is -2.00. The zero-order chi connectivity index (χ0) is 19.1. The number of hydrazone groups is 1. The van der Waals surface area contributed by atoms with Crippen LogP contribution in [0.1, 0.15) is 34.8 Å². The number of benzene rings is 1. The number of carbonyl (C=O) groups excluding carboxylic acids is 1. The van der Waals surface area contributed by atoms with Crippen molar-refractivity contribution in [3.63, 3.8) is 0 Å². The number of nitrogens with zero attached hydrogens (tertiary/aromatic N) is 2. The maximum atomic E-state index is 11.6. The Bertz CT molecular complexity index is 808. The number of thiazole rings is 1. The van der Waals surface area contributed by atoms with E-state index in [2.05, 4.69) is 15.5 Å². The van der Waals surface area contributed by atoms with Crippen LogP contribution in [0.3, 0.4) is 0 Å². The lowest BCUT2D eigenvalue weighted by Gasteiger charge is -2.13. The number of rotatable bonds is 8. The fourth-order valence-corrected chi connectivity index (χ4v) is 3.21. The van der Waals surface area contributed by atoms with Crippen LogP contribution < -0.4 is 14.9 Å². The molecule has 1 aromatic heterocycles. The van der Waals surface area contributed by atoms with Gasteiger partial charge in [-0.05, 0) is 38.5 Å². The predicted molar refractivity (Wildman–Crippen MR) is 103 cm³/mol. The quantitative estimate of drug-likeness (QED) is 0.409. The molecule has 0 unspecified atom stereocenters. The Labute approximate surface area is 160 Å². The Morgan fingerprint density at radius 2 is 2.08 bits per heavy atom. The number of hydrogen-bond acceptors (Lipinski definition) is 8. The van der Waals surface area contributed by atoms with E-state index in [4.69, 9.17) is 25.8 Å². The van der Waals surface area contributed by atoms with Gasteiger partial charge >= 0.3 is 5.97 Å². The van der Waals surface area contributed by atoms with E-state index < -0.39 is 5.97 Å². The molecule has 9 heteroatoms. The van der Waals surface area contributed by atoms with Crippen molar-refractivity contribution < 1.29 is 19.0 Å². The molecule has 140 valence electrons. The summed E-state index contributed by atoms with van der Waals surface area (Å²) in [6.07, 6.45) is 1.58. The molecule has 2 rings (SSSR count). The van der Waals surface area contributed by atoms with E-state index in [1.807, 2.05) is 13.8 Å². The van der Waals surface area contributed by atoms with Gasteiger partial charge in [0.05, 0.1) is 37.3 Å². The minimum absolute atomic E-state index is 0.420. The molecule has 0 spiro atoms. The van der Waals surface area contributed by atoms with E-state index in [-0.39, 0.29) is 0 Å². The fraction of sp³-hybridized carbons (Fsp3) is 0.353. The highest BCUT2D eigenvalue weighted by Crippen LogP contribution is 2.36. The molecule has 0 amide bonds. The molecule has 26 heavy (non-hydrogen) atoms. The van der Waals surface area contributed by atoms with Crippen LogP contribution in [-0.2, 0) is 4.74 Å². The zero-order valence-corrected chi connectivity index (χ0v) is 16.5. The lowest BCUT2D eigenvalue weighted by molar-refractivity contribution is 0.0605. The Morgan fingerprint density at radius 1 is 1.35 bits per heavy atom. The van der Waals surface area contributed by atoms with E-state index in [9.17, 15) is 4.79 Å². The summed E-state index contributed by atoms with van der Waals surface area (Å²) >= 11 is 7.44. The zero-order valence-electron chi connectivity index (χ0n) is 15.0. The van der Waals surface area contributed by atoms with Gasteiger partial charge in [0.15, 0.2) is 11.5 Å². The van der Waals surface area contributed by atoms with Gasteiger partial charge in [-0.3, -0.25) is 5.43 Å². The lowest BCUT2D eigenvalue weighted by atomic mass is 10.2. The van der Waals surface area contributed by atoms with E-state index >= 15 is 0 Å². The molecule has 0 bridgehead atoms. The summed E-state index contributed by atoms with van der Waals surface area (Å²) < 4.78 is 15.8. The molecule has 2 aromatic rings. The summed E-state index contributed by atoms with van der Waals surface area (Å²) in [7, 11) is 1.33. The molecule has 0 aliphatic rings. The number of nitrogens with one attached hydrogen (secondary N) is 1. The SMILES string of the molecule is CCOc1cc(/C=N\Nc2nc(C)c(C(=O)OC)s2)cc(Cl)c1OCC. The molecule has 7 nitrogen and oxygen atoms in total. The van der Waals surface area contributed by atoms with Gasteiger partial charge in [0.2, 0.25) is 5.13 Å². The first kappa shape index (κ1) is 20.0. The number of anilines is 1. The van der Waals surface area contributed by atoms with Gasteiger partial charge in [0, 0.05) is 0 Å². The largest absolute Gasteiger partial charge is 0.490 e. The molecule has 0 fully saturated rings. The third kappa shape index (κ3) is 4.86. The topological polar surface area (TPSA) is 82.0 Å². The van der Waals surface area contributed by atoms with E-state index in [1.165, 1.54) is 18.4 Å². The fourth-order valence-electron chi connectivity index (χ4n) is 2.10. The number of aryl methyl sites for hydroxylation is 1. The molecule has 0 atom stereocenters. The van der Waals surface area contributed by atoms with Crippen LogP contribution in [0.15, 0.2) is 17.2 Å². The number of ether oxygens (including phenoxy) is 3. The summed E-state index contributed by atoms with van der Waals surface area (Å²) in [5.74, 6) is 0.650. The number of carbonyl (C=O) groups is 1. The number of esters is 1. The first-order valence-electron chi connectivity index (χ1n) is 7.94. The monoisotopic (exact) mass is 397 g/mol. The van der Waals surface area contributed by atoms with Gasteiger partial charge in [-0.15, -0.1) is 0 Å². The summed E-state index contributed by atoms with van der Waals surface area (Å²) in [6.45, 7) is 6.47. The van der Waals surface area contributed by atoms with Crippen molar-refractivity contribution >= 4 is 40.3 Å². The molecule has 0 aliphatic heterocycles. The van der Waals surface area contributed by atoms with Crippen molar-refractivity contribution in [1.29, 1.82) is 0 Å². The van der Waals surface area contributed by atoms with Crippen LogP contribution in [0.2, 0.25) is 5.02 Å². The Kier molecular flexibility index (Phi) is 7.23. The van der Waals surface area contributed by atoms with Gasteiger partial charge in [-0.1, -0.05) is 22.9 Å². The Morgan fingerprint density at radius 3 is 2.73 bits per heavy atom. The van der Waals surface area contributed by atoms with Crippen LogP contribution in [0, 0.1) is 6.92 Å². The molecule has 1 N–H and O–H groups in total. The maximum absolute atomic E-state index is 11.6. The average Bonchev–Trinajstić information content (AvgIpc) is 2.98. The molecule has 0 radical (unpaired) electrons. The van der Waals surface area contributed by atoms with Gasteiger partial charge in [0.25, 0.3) is 0 Å². The first-order chi connectivity index (χ1) is 12.5. The number of aromatic nitrogens is 1. The van der Waals surface area contributed by atoms with Crippen LogP contribution >= 0.6 is 22.9 Å². The molecular weight excluding hydrogens is 378 g/mol. The van der Waals surface area contributed by atoms with E-state index in [0.717, 1.165) is 5.56 Å². The van der Waals surface area contributed by atoms with E-state index in [1.54, 1.807) is 25.3 Å². The average molecular weight is 398 g/mol. The van der Waals surface area contributed by atoms with Gasteiger partial charge in [0.1, 0.15) is 4.88 Å². The van der Waals surface area contributed by atoms with E-state index in [0.29, 0.717) is 45.4 Å². The third-order valence-electron chi connectivity index (χ3n) is 3.16. The van der Waals surface area contributed by atoms with Crippen LogP contribution in [0.25, 0.3) is 0 Å². The minimum Gasteiger partial charge on any atom is -0.490 e. The second-order valence-electron chi connectivity index (χ2n) is 4.99. The van der Waals surface area contributed by atoms with Crippen molar-refractivity contribution in [1.82, 2.24) is 4.98 Å². The van der Waals surface area contributed by atoms with Gasteiger partial charge < -0.3 is 14.2 Å². The molecule has 0 saturated carbocycles. The van der Waals surface area contributed by atoms with Crippen LogP contribution in [0.4, 0.5) is 5.13 Å². The van der Waals surface area contributed by atoms with Crippen molar-refractivity contribution in [3.8, 4) is 11.5 Å². The highest BCUT2D eigenvalue weighted by atomic mass is 35.5. The van der Waals surface area contributed by atoms with Crippen LogP contribution in [0.5, 0.6) is 11.5 Å². The summed E-state index contributed by atoms with van der Waals surface area (Å²) in [6, 6.07) is 3.52. The summed E-state index contributed by atoms with van der Waals surface area (Å²) in [5, 5.41) is 5.06. The third-order valence-corrected chi connectivity index (χ3v) is 4.48. The molecule has 0 aliphatic carbocycles. The van der Waals surface area contributed by atoms with Crippen molar-refractivity contribution in [2.45, 2.75) is 20.8 Å². The summed E-state index contributed by atoms with van der Waals surface area (Å²) in [5.41, 5.74) is 4.12. The van der Waals surface area contributed by atoms with Crippen molar-refractivity contribution in [3.05, 3.63) is 33.3 Å². The number of hydrogen-bond donors (Lipinski definition) is 1. The number of methoxy groups -OCH3 is 1. The highest BCUT2D eigenvalue weighted by Gasteiger charge is 2.15. The Balaban J connectivity index is 2.16. The summed E-state index contributed by atoms with van der Waals surface area (Å²) in [4.78, 5) is 16.3. The van der Waals surface area contributed by atoms with Gasteiger partial charge in [-0.2, -0.15) is 5.10 Å². The smallest absolute Gasteiger partial charge is 0.350 e. The molecule has 0 saturated heterocycles. The standard InChI is InChI=1S/C17H20ClN3O4S/c1-5-24-13-8-11(7-12(18)14(13)25-6-2)9-19-21-17-20-10(3)15(26-17)16(22)23-4/h7-9H,5-6H2,1-4H3,(H,20,21)/b19-9-. The van der Waals surface area contributed by atoms with Gasteiger partial charge in [-0.25, -0.2) is 9.78 Å². The van der Waals surface area contributed by atoms with Crippen LogP contribution in [-0.4, -0.2) is 37.5 Å². The minimum atomic E-state index is -0.420. The predicted octanol–water partition coefficient (Wildman–Crippen LogP) is 4.13. The molecule has 1 aromatic carbocycles. The normalized spacial score (nSPS) is 10.8. The first-order valence-corrected chi connectivity index (χ1v) is 9.13. The maximum Gasteiger partial charge on any atom is 0.350 e. The second-order valence-corrected chi connectivity index (χ2v) is 6.40. The second kappa shape index (κ2) is 9.40. The van der Waals surface area contributed by atoms with Crippen molar-refractivity contribution in [2.24, 2.45) is 5.10 Å². The number of halogens is 1. The Hall–Kier alpha value is -2.32. The molecular formula is C17H20ClN3O4S. The van der Waals surface area contributed by atoms with Crippen molar-refractivity contribution in [2.75, 3.05) is 25.7 Å².